The second-order valence-electron chi connectivity index (χ2n) is 8.35. The predicted molar refractivity (Wildman–Crippen MR) is 146 cm³/mol. The number of hydrogen-bond donors (Lipinski definition) is 0. The molecule has 3 rings (SSSR count). The maximum Gasteiger partial charge on any atom is 0.343 e. The van der Waals surface area contributed by atoms with Crippen molar-refractivity contribution in [2.75, 3.05) is 6.79 Å². The van der Waals surface area contributed by atoms with Crippen LogP contribution in [0.25, 0.3) is 6.08 Å². The molecule has 0 N–H and O–H groups in total. The fourth-order valence-electron chi connectivity index (χ4n) is 2.86. The molecule has 0 atom stereocenters. The molecule has 0 radical (unpaired) electrons. The number of benzene rings is 3. The van der Waals surface area contributed by atoms with Crippen molar-refractivity contribution in [3.8, 4) is 23.0 Å². The van der Waals surface area contributed by atoms with Crippen LogP contribution in [0.4, 0.5) is 0 Å². The summed E-state index contributed by atoms with van der Waals surface area (Å²) in [6.07, 6.45) is 2.82. The zero-order valence-electron chi connectivity index (χ0n) is 21.9. The molecule has 0 unspecified atom stereocenters. The van der Waals surface area contributed by atoms with Gasteiger partial charge in [0.05, 0.1) is 5.56 Å². The van der Waals surface area contributed by atoms with E-state index in [0.29, 0.717) is 11.3 Å². The van der Waals surface area contributed by atoms with Crippen LogP contribution in [-0.2, 0) is 19.1 Å². The summed E-state index contributed by atoms with van der Waals surface area (Å²) in [5.74, 6) is -1.07. The Morgan fingerprint density at radius 3 is 1.73 bits per heavy atom. The third-order valence-electron chi connectivity index (χ3n) is 4.96. The lowest BCUT2D eigenvalue weighted by Crippen LogP contribution is -2.10. The molecule has 9 nitrogen and oxygen atoms in total. The standard InChI is InChI=1S/C31H26O9/c1-20(2)29(33)37-19-36-24-10-5-22(6-11-24)7-18-28(32)38-25-14-16-27(17-15-25)40-31(35)23-8-12-26(13-9-23)39-30(34)21(3)4/h5-18H,1,3,19H2,2,4H3/b18-7+. The predicted octanol–water partition coefficient (Wildman–Crippen LogP) is 5.46. The summed E-state index contributed by atoms with van der Waals surface area (Å²) >= 11 is 0. The number of carbonyl (C=O) groups excluding carboxylic acids is 4. The highest BCUT2D eigenvalue weighted by molar-refractivity contribution is 5.92. The van der Waals surface area contributed by atoms with Gasteiger partial charge in [0.15, 0.2) is 0 Å². The highest BCUT2D eigenvalue weighted by Crippen LogP contribution is 2.20. The van der Waals surface area contributed by atoms with Gasteiger partial charge >= 0.3 is 23.9 Å². The SMILES string of the molecule is C=C(C)C(=O)OCOc1ccc(/C=C/C(=O)Oc2ccc(OC(=O)c3ccc(OC(=O)C(=C)C)cc3)cc2)cc1. The molecule has 0 saturated carbocycles. The van der Waals surface area contributed by atoms with E-state index in [1.54, 1.807) is 30.3 Å². The lowest BCUT2D eigenvalue weighted by atomic mass is 10.2. The lowest BCUT2D eigenvalue weighted by Gasteiger charge is -2.07. The van der Waals surface area contributed by atoms with Gasteiger partial charge in [-0.25, -0.2) is 19.2 Å². The van der Waals surface area contributed by atoms with E-state index in [1.165, 1.54) is 68.5 Å². The normalized spacial score (nSPS) is 10.3. The molecule has 0 spiro atoms. The smallest absolute Gasteiger partial charge is 0.343 e. The topological polar surface area (TPSA) is 114 Å². The van der Waals surface area contributed by atoms with Crippen molar-refractivity contribution in [3.63, 3.8) is 0 Å². The lowest BCUT2D eigenvalue weighted by molar-refractivity contribution is -0.145. The van der Waals surface area contributed by atoms with E-state index >= 15 is 0 Å². The summed E-state index contributed by atoms with van der Waals surface area (Å²) in [7, 11) is 0. The molecule has 3 aromatic carbocycles. The van der Waals surface area contributed by atoms with Crippen molar-refractivity contribution < 1.29 is 42.9 Å². The molecule has 0 heterocycles. The Bertz CT molecular complexity index is 1430. The zero-order valence-corrected chi connectivity index (χ0v) is 21.9. The molecule has 0 fully saturated rings. The average molecular weight is 543 g/mol. The van der Waals surface area contributed by atoms with Crippen molar-refractivity contribution in [2.45, 2.75) is 13.8 Å². The van der Waals surface area contributed by atoms with Crippen molar-refractivity contribution in [1.29, 1.82) is 0 Å². The Hall–Kier alpha value is -5.44. The van der Waals surface area contributed by atoms with Crippen LogP contribution < -0.4 is 18.9 Å². The van der Waals surface area contributed by atoms with Gasteiger partial charge < -0.3 is 23.7 Å². The fourth-order valence-corrected chi connectivity index (χ4v) is 2.86. The van der Waals surface area contributed by atoms with Gasteiger partial charge in [0, 0.05) is 17.2 Å². The van der Waals surface area contributed by atoms with E-state index in [2.05, 4.69) is 13.2 Å². The first-order valence-corrected chi connectivity index (χ1v) is 11.9. The second kappa shape index (κ2) is 13.9. The van der Waals surface area contributed by atoms with Gasteiger partial charge in [-0.1, -0.05) is 25.3 Å². The van der Waals surface area contributed by atoms with Crippen LogP contribution in [0.5, 0.6) is 23.0 Å². The van der Waals surface area contributed by atoms with Gasteiger partial charge in [0.2, 0.25) is 6.79 Å². The summed E-state index contributed by atoms with van der Waals surface area (Å²) in [6, 6.07) is 18.6. The van der Waals surface area contributed by atoms with Crippen LogP contribution in [-0.4, -0.2) is 30.7 Å². The Kier molecular flexibility index (Phi) is 10.1. The molecule has 0 aliphatic carbocycles. The van der Waals surface area contributed by atoms with Gasteiger partial charge in [-0.3, -0.25) is 0 Å². The van der Waals surface area contributed by atoms with Crippen LogP contribution in [0.1, 0.15) is 29.8 Å². The van der Waals surface area contributed by atoms with Gasteiger partial charge in [0.1, 0.15) is 23.0 Å². The van der Waals surface area contributed by atoms with Crippen LogP contribution in [0.3, 0.4) is 0 Å². The summed E-state index contributed by atoms with van der Waals surface area (Å²) in [5, 5.41) is 0. The average Bonchev–Trinajstić information content (AvgIpc) is 2.93. The van der Waals surface area contributed by atoms with Crippen molar-refractivity contribution in [1.82, 2.24) is 0 Å². The minimum atomic E-state index is -0.616. The van der Waals surface area contributed by atoms with E-state index in [9.17, 15) is 19.2 Å². The monoisotopic (exact) mass is 542 g/mol. The summed E-state index contributed by atoms with van der Waals surface area (Å²) in [5.41, 5.74) is 1.50. The van der Waals surface area contributed by atoms with E-state index in [4.69, 9.17) is 23.7 Å². The Labute approximate surface area is 230 Å². The van der Waals surface area contributed by atoms with Crippen LogP contribution in [0, 0.1) is 0 Å². The number of hydrogen-bond acceptors (Lipinski definition) is 9. The van der Waals surface area contributed by atoms with Gasteiger partial charge in [0.25, 0.3) is 0 Å². The highest BCUT2D eigenvalue weighted by atomic mass is 16.7. The first kappa shape index (κ1) is 29.1. The van der Waals surface area contributed by atoms with Crippen LogP contribution in [0.2, 0.25) is 0 Å². The number of esters is 4. The van der Waals surface area contributed by atoms with Crippen molar-refractivity contribution in [3.05, 3.63) is 114 Å². The van der Waals surface area contributed by atoms with Crippen LogP contribution in [0.15, 0.2) is 103 Å². The molecule has 0 bridgehead atoms. The molecule has 0 amide bonds. The first-order valence-electron chi connectivity index (χ1n) is 11.9. The minimum absolute atomic E-state index is 0.243. The molecule has 0 aliphatic rings. The molecular formula is C31H26O9. The Balaban J connectivity index is 1.46. The van der Waals surface area contributed by atoms with Crippen molar-refractivity contribution in [2.24, 2.45) is 0 Å². The van der Waals surface area contributed by atoms with Crippen molar-refractivity contribution >= 4 is 30.0 Å². The third kappa shape index (κ3) is 9.14. The van der Waals surface area contributed by atoms with E-state index in [-0.39, 0.29) is 40.8 Å². The molecule has 0 saturated heterocycles. The quantitative estimate of drug-likeness (QED) is 0.135. The molecular weight excluding hydrogens is 516 g/mol. The molecule has 40 heavy (non-hydrogen) atoms. The second-order valence-corrected chi connectivity index (χ2v) is 8.35. The fraction of sp³-hybridized carbons (Fsp3) is 0.0968. The molecule has 3 aromatic rings. The minimum Gasteiger partial charge on any atom is -0.457 e. The van der Waals surface area contributed by atoms with E-state index < -0.39 is 23.9 Å². The van der Waals surface area contributed by atoms with Gasteiger partial charge in [-0.2, -0.15) is 0 Å². The number of ether oxygens (including phenoxy) is 5. The summed E-state index contributed by atoms with van der Waals surface area (Å²) in [4.78, 5) is 47.5. The Morgan fingerprint density at radius 2 is 1.15 bits per heavy atom. The summed E-state index contributed by atoms with van der Waals surface area (Å²) < 4.78 is 25.9. The summed E-state index contributed by atoms with van der Waals surface area (Å²) in [6.45, 7) is 9.82. The molecule has 9 heteroatoms. The van der Waals surface area contributed by atoms with E-state index in [1.807, 2.05) is 0 Å². The zero-order chi connectivity index (χ0) is 29.1. The first-order chi connectivity index (χ1) is 19.1. The third-order valence-corrected chi connectivity index (χ3v) is 4.96. The Morgan fingerprint density at radius 1 is 0.650 bits per heavy atom. The molecule has 0 aromatic heterocycles. The molecule has 0 aliphatic heterocycles. The van der Waals surface area contributed by atoms with E-state index in [0.717, 1.165) is 0 Å². The number of rotatable bonds is 11. The largest absolute Gasteiger partial charge is 0.457 e. The maximum absolute atomic E-state index is 12.4. The van der Waals surface area contributed by atoms with Gasteiger partial charge in [-0.15, -0.1) is 0 Å². The maximum atomic E-state index is 12.4. The van der Waals surface area contributed by atoms with Crippen LogP contribution >= 0.6 is 0 Å². The van der Waals surface area contributed by atoms with Gasteiger partial charge in [-0.05, 0) is 86.2 Å². The number of carbonyl (C=O) groups is 4. The highest BCUT2D eigenvalue weighted by Gasteiger charge is 2.11. The molecule has 204 valence electrons.